The third-order valence-electron chi connectivity index (χ3n) is 1.88. The van der Waals surface area contributed by atoms with Crippen LogP contribution in [0.5, 0.6) is 5.75 Å². The molecule has 2 aromatic rings. The number of hydrogen-bond acceptors (Lipinski definition) is 4. The number of phenols is 1. The molecule has 15 heavy (non-hydrogen) atoms. The second-order valence-corrected chi connectivity index (χ2v) is 3.58. The molecule has 0 saturated heterocycles. The fraction of sp³-hybridized carbons (Fsp3) is 0. The maximum Gasteiger partial charge on any atom is 0.118 e. The van der Waals surface area contributed by atoms with E-state index >= 15 is 0 Å². The second-order valence-electron chi connectivity index (χ2n) is 2.91. The number of fused-ring (bicyclic) bond motifs is 1. The Morgan fingerprint density at radius 1 is 1.47 bits per heavy atom. The van der Waals surface area contributed by atoms with Gasteiger partial charge in [0.15, 0.2) is 0 Å². The number of rotatable bonds is 2. The maximum absolute atomic E-state index is 10.5. The monoisotopic (exact) mass is 223 g/mol. The first kappa shape index (κ1) is 9.88. The summed E-state index contributed by atoms with van der Waals surface area (Å²) in [4.78, 5) is 4.03. The summed E-state index contributed by atoms with van der Waals surface area (Å²) in [6.07, 6.45) is 1.55. The van der Waals surface area contributed by atoms with Crippen LogP contribution in [-0.4, -0.2) is 18.9 Å². The summed E-state index contributed by atoms with van der Waals surface area (Å²) in [6, 6.07) is 6.27. The lowest BCUT2D eigenvalue weighted by atomic mass is 10.2. The fourth-order valence-electron chi connectivity index (χ4n) is 1.34. The molecule has 1 atom stereocenters. The van der Waals surface area contributed by atoms with Crippen LogP contribution in [0, 0.1) is 0 Å². The molecule has 2 rings (SSSR count). The Labute approximate surface area is 88.2 Å². The Morgan fingerprint density at radius 2 is 2.27 bits per heavy atom. The van der Waals surface area contributed by atoms with Crippen LogP contribution in [0.4, 0.5) is 5.69 Å². The summed E-state index contributed by atoms with van der Waals surface area (Å²) in [5.41, 5.74) is 0.762. The zero-order valence-electron chi connectivity index (χ0n) is 7.51. The standard InChI is InChI=1S/C9H8N2O3S/c12-7-4-6-2-1-3-10-9(6)8(5-7)11-15(13)14/h1-5,11-12H,(H,13,14)/p-1. The molecule has 1 unspecified atom stereocenters. The molecule has 2 N–H and O–H groups in total. The smallest absolute Gasteiger partial charge is 0.118 e. The minimum atomic E-state index is -2.43. The van der Waals surface area contributed by atoms with Crippen LogP contribution < -0.4 is 4.72 Å². The molecule has 0 radical (unpaired) electrons. The highest BCUT2D eigenvalue weighted by Gasteiger charge is 2.03. The van der Waals surface area contributed by atoms with E-state index in [9.17, 15) is 13.9 Å². The molecule has 1 aromatic carbocycles. The predicted octanol–water partition coefficient (Wildman–Crippen LogP) is 1.15. The van der Waals surface area contributed by atoms with Gasteiger partial charge in [-0.05, 0) is 12.1 Å². The number of benzene rings is 1. The lowest BCUT2D eigenvalue weighted by molar-refractivity contribution is 0.476. The molecule has 6 heteroatoms. The van der Waals surface area contributed by atoms with Gasteiger partial charge in [0, 0.05) is 28.9 Å². The SMILES string of the molecule is O=S([O-])Nc1cc(O)cc2cccnc12. The Hall–Kier alpha value is -1.66. The number of hydrogen-bond donors (Lipinski definition) is 2. The number of nitrogens with zero attached hydrogens (tertiary/aromatic N) is 1. The topological polar surface area (TPSA) is 85.3 Å². The quantitative estimate of drug-likeness (QED) is 0.748. The van der Waals surface area contributed by atoms with E-state index in [1.807, 2.05) is 0 Å². The Balaban J connectivity index is 2.65. The van der Waals surface area contributed by atoms with Crippen LogP contribution in [0.2, 0.25) is 0 Å². The van der Waals surface area contributed by atoms with E-state index in [0.717, 1.165) is 0 Å². The first-order valence-corrected chi connectivity index (χ1v) is 5.18. The Morgan fingerprint density at radius 3 is 3.00 bits per heavy atom. The molecule has 1 aromatic heterocycles. The fourth-order valence-corrected chi connectivity index (χ4v) is 1.68. The molecule has 0 aliphatic carbocycles. The molecule has 5 nitrogen and oxygen atoms in total. The summed E-state index contributed by atoms with van der Waals surface area (Å²) in [7, 11) is 0. The average Bonchev–Trinajstić information content (AvgIpc) is 2.16. The first-order valence-electron chi connectivity index (χ1n) is 4.10. The minimum Gasteiger partial charge on any atom is -0.755 e. The van der Waals surface area contributed by atoms with Gasteiger partial charge in [-0.25, -0.2) is 0 Å². The molecule has 0 bridgehead atoms. The van der Waals surface area contributed by atoms with Crippen molar-refractivity contribution in [3.63, 3.8) is 0 Å². The van der Waals surface area contributed by atoms with Crippen LogP contribution in [0.25, 0.3) is 10.9 Å². The highest BCUT2D eigenvalue weighted by atomic mass is 32.2. The molecule has 0 saturated carbocycles. The molecule has 0 aliphatic heterocycles. The molecule has 78 valence electrons. The van der Waals surface area contributed by atoms with Gasteiger partial charge in [-0.1, -0.05) is 6.07 Å². The van der Waals surface area contributed by atoms with Crippen molar-refractivity contribution in [2.45, 2.75) is 0 Å². The van der Waals surface area contributed by atoms with Crippen LogP contribution in [0.15, 0.2) is 30.5 Å². The molecular weight excluding hydrogens is 216 g/mol. The van der Waals surface area contributed by atoms with E-state index < -0.39 is 11.3 Å². The van der Waals surface area contributed by atoms with Crippen LogP contribution in [-0.2, 0) is 11.3 Å². The number of anilines is 1. The maximum atomic E-state index is 10.5. The number of pyridine rings is 1. The predicted molar refractivity (Wildman–Crippen MR) is 56.0 cm³/mol. The van der Waals surface area contributed by atoms with E-state index in [-0.39, 0.29) is 11.4 Å². The summed E-state index contributed by atoms with van der Waals surface area (Å²) >= 11 is -2.43. The second kappa shape index (κ2) is 3.84. The van der Waals surface area contributed by atoms with E-state index in [0.29, 0.717) is 10.9 Å². The lowest BCUT2D eigenvalue weighted by Crippen LogP contribution is -2.03. The lowest BCUT2D eigenvalue weighted by Gasteiger charge is -2.11. The van der Waals surface area contributed by atoms with Crippen molar-refractivity contribution >= 4 is 27.9 Å². The normalized spacial score (nSPS) is 12.6. The minimum absolute atomic E-state index is 0.0107. The van der Waals surface area contributed by atoms with Crippen molar-refractivity contribution in [3.05, 3.63) is 30.5 Å². The van der Waals surface area contributed by atoms with Gasteiger partial charge < -0.3 is 14.4 Å². The van der Waals surface area contributed by atoms with Crippen LogP contribution in [0.1, 0.15) is 0 Å². The van der Waals surface area contributed by atoms with Crippen molar-refractivity contribution in [3.8, 4) is 5.75 Å². The van der Waals surface area contributed by atoms with Gasteiger partial charge in [-0.3, -0.25) is 9.19 Å². The zero-order valence-corrected chi connectivity index (χ0v) is 8.32. The number of phenolic OH excluding ortho intramolecular Hbond substituents is 1. The third-order valence-corrected chi connectivity index (χ3v) is 2.27. The first-order chi connectivity index (χ1) is 7.16. The Kier molecular flexibility index (Phi) is 2.53. The van der Waals surface area contributed by atoms with Crippen molar-refractivity contribution in [1.82, 2.24) is 4.98 Å². The zero-order chi connectivity index (χ0) is 10.8. The molecular formula is C9H7N2O3S-. The van der Waals surface area contributed by atoms with Gasteiger partial charge in [-0.2, -0.15) is 0 Å². The summed E-state index contributed by atoms with van der Waals surface area (Å²) < 4.78 is 23.2. The van der Waals surface area contributed by atoms with Gasteiger partial charge in [0.05, 0.1) is 11.2 Å². The molecule has 0 aliphatic rings. The van der Waals surface area contributed by atoms with Gasteiger partial charge >= 0.3 is 0 Å². The van der Waals surface area contributed by atoms with E-state index in [1.165, 1.54) is 12.1 Å². The Bertz CT molecular complexity index is 530. The van der Waals surface area contributed by atoms with Gasteiger partial charge in [0.1, 0.15) is 5.75 Å². The molecule has 0 amide bonds. The largest absolute Gasteiger partial charge is 0.755 e. The van der Waals surface area contributed by atoms with Crippen molar-refractivity contribution in [1.29, 1.82) is 0 Å². The molecule has 0 fully saturated rings. The highest BCUT2D eigenvalue weighted by molar-refractivity contribution is 7.80. The summed E-state index contributed by atoms with van der Waals surface area (Å²) in [6.45, 7) is 0. The average molecular weight is 223 g/mol. The van der Waals surface area contributed by atoms with Crippen molar-refractivity contribution in [2.24, 2.45) is 0 Å². The number of aromatic nitrogens is 1. The number of aromatic hydroxyl groups is 1. The van der Waals surface area contributed by atoms with Gasteiger partial charge in [0.25, 0.3) is 0 Å². The van der Waals surface area contributed by atoms with Crippen LogP contribution in [0.3, 0.4) is 0 Å². The highest BCUT2D eigenvalue weighted by Crippen LogP contribution is 2.26. The van der Waals surface area contributed by atoms with E-state index in [2.05, 4.69) is 9.71 Å². The van der Waals surface area contributed by atoms with E-state index in [1.54, 1.807) is 18.3 Å². The molecule has 0 spiro atoms. The third kappa shape index (κ3) is 2.05. The number of nitrogens with one attached hydrogen (secondary N) is 1. The van der Waals surface area contributed by atoms with Crippen molar-refractivity contribution in [2.75, 3.05) is 4.72 Å². The van der Waals surface area contributed by atoms with E-state index in [4.69, 9.17) is 0 Å². The summed E-state index contributed by atoms with van der Waals surface area (Å²) in [5, 5.41) is 10.0. The summed E-state index contributed by atoms with van der Waals surface area (Å²) in [5.74, 6) is -0.0107. The van der Waals surface area contributed by atoms with Gasteiger partial charge in [0.2, 0.25) is 0 Å². The van der Waals surface area contributed by atoms with Gasteiger partial charge in [-0.15, -0.1) is 0 Å². The van der Waals surface area contributed by atoms with Crippen LogP contribution >= 0.6 is 0 Å². The molecule has 1 heterocycles. The van der Waals surface area contributed by atoms with Crippen molar-refractivity contribution < 1.29 is 13.9 Å².